The van der Waals surface area contributed by atoms with Gasteiger partial charge in [0.25, 0.3) is 5.91 Å². The standard InChI is InChI=1S/C45H55FN4O5/c1-42(2,3)55-41(53)38-32(8-6-9-36(38)31-14-18-44(19-15-31)16-7-17-44)25-54-26-34-24-48(27-45(34)28-49(29-45)40(52)37-20-43(37,4)5)39(51)33-21-47-50(23-33)22-30-10-12-35(46)13-11-30/h6,8-14,21,23,34,37H,7,15-20,22,24-29H2,1-5H3/t34?,37-/m1/s1. The number of nitrogens with zero attached hydrogens (tertiary/aromatic N) is 4. The van der Waals surface area contributed by atoms with E-state index in [9.17, 15) is 18.8 Å². The first-order valence-electron chi connectivity index (χ1n) is 20.1. The Hall–Kier alpha value is -4.31. The highest BCUT2D eigenvalue weighted by Crippen LogP contribution is 2.55. The maximum absolute atomic E-state index is 14.0. The number of halogens is 1. The van der Waals surface area contributed by atoms with E-state index >= 15 is 0 Å². The van der Waals surface area contributed by atoms with E-state index in [1.54, 1.807) is 29.2 Å². The van der Waals surface area contributed by atoms with Crippen LogP contribution >= 0.6 is 0 Å². The summed E-state index contributed by atoms with van der Waals surface area (Å²) in [4.78, 5) is 45.1. The van der Waals surface area contributed by atoms with E-state index in [2.05, 4.69) is 25.0 Å². The number of rotatable bonds is 10. The van der Waals surface area contributed by atoms with Crippen molar-refractivity contribution >= 4 is 23.4 Å². The summed E-state index contributed by atoms with van der Waals surface area (Å²) in [5.74, 6) is -0.477. The number of esters is 1. The number of allylic oxidation sites excluding steroid dienone is 2. The van der Waals surface area contributed by atoms with E-state index in [0.29, 0.717) is 55.9 Å². The zero-order valence-corrected chi connectivity index (χ0v) is 33.0. The molecule has 3 heterocycles. The molecule has 2 amide bonds. The Morgan fingerprint density at radius 2 is 1.71 bits per heavy atom. The normalized spacial score (nSPS) is 23.3. The largest absolute Gasteiger partial charge is 0.456 e. The second-order valence-electron chi connectivity index (χ2n) is 18.9. The number of benzene rings is 2. The lowest BCUT2D eigenvalue weighted by molar-refractivity contribution is -0.148. The van der Waals surface area contributed by atoms with Gasteiger partial charge in [-0.3, -0.25) is 14.3 Å². The van der Waals surface area contributed by atoms with Crippen molar-refractivity contribution in [2.75, 3.05) is 32.8 Å². The SMILES string of the molecule is CC(C)(C)OC(=O)c1c(COCC2CN(C(=O)c3cnn(Cc4ccc(F)cc4)c3)CC23CN(C(=O)[C@H]2CC2(C)C)C3)cccc1C1=CCC2(CCC2)CC1. The molecule has 10 heteroatoms. The first kappa shape index (κ1) is 37.6. The molecule has 0 bridgehead atoms. The molecule has 3 aromatic rings. The number of carbonyl (C=O) groups excluding carboxylic acids is 3. The highest BCUT2D eigenvalue weighted by Gasteiger charge is 2.60. The van der Waals surface area contributed by atoms with Crippen molar-refractivity contribution in [1.82, 2.24) is 19.6 Å². The highest BCUT2D eigenvalue weighted by molar-refractivity contribution is 5.97. The summed E-state index contributed by atoms with van der Waals surface area (Å²) >= 11 is 0. The van der Waals surface area contributed by atoms with Crippen LogP contribution in [0.5, 0.6) is 0 Å². The van der Waals surface area contributed by atoms with Gasteiger partial charge in [-0.05, 0) is 105 Å². The molecule has 2 saturated carbocycles. The minimum absolute atomic E-state index is 0.00477. The van der Waals surface area contributed by atoms with Crippen LogP contribution in [0.3, 0.4) is 0 Å². The minimum atomic E-state index is -0.647. The summed E-state index contributed by atoms with van der Waals surface area (Å²) in [5.41, 5.74) is 4.47. The Labute approximate surface area is 324 Å². The maximum Gasteiger partial charge on any atom is 0.339 e. The van der Waals surface area contributed by atoms with E-state index < -0.39 is 5.60 Å². The fraction of sp³-hybridized carbons (Fsp3) is 0.556. The molecular weight excluding hydrogens is 696 g/mol. The van der Waals surface area contributed by atoms with Gasteiger partial charge in [0, 0.05) is 49.6 Å². The molecule has 2 atom stereocenters. The quantitative estimate of drug-likeness (QED) is 0.196. The Morgan fingerprint density at radius 1 is 0.982 bits per heavy atom. The molecule has 1 aromatic heterocycles. The Balaban J connectivity index is 0.992. The van der Waals surface area contributed by atoms with Gasteiger partial charge in [-0.25, -0.2) is 9.18 Å². The third kappa shape index (κ3) is 7.63. The average Bonchev–Trinajstić information content (AvgIpc) is 3.40. The Morgan fingerprint density at radius 3 is 2.35 bits per heavy atom. The molecule has 8 rings (SSSR count). The lowest BCUT2D eigenvalue weighted by Crippen LogP contribution is -2.63. The van der Waals surface area contributed by atoms with Crippen molar-refractivity contribution in [2.24, 2.45) is 28.1 Å². The fourth-order valence-electron chi connectivity index (χ4n) is 9.46. The molecule has 2 aromatic carbocycles. The highest BCUT2D eigenvalue weighted by atomic mass is 19.1. The zero-order valence-electron chi connectivity index (χ0n) is 33.0. The number of ether oxygens (including phenoxy) is 2. The van der Waals surface area contributed by atoms with Gasteiger partial charge in [0.1, 0.15) is 11.4 Å². The molecule has 5 aliphatic rings. The van der Waals surface area contributed by atoms with Gasteiger partial charge < -0.3 is 19.3 Å². The van der Waals surface area contributed by atoms with Crippen LogP contribution in [-0.2, 0) is 27.4 Å². The van der Waals surface area contributed by atoms with Gasteiger partial charge in [-0.2, -0.15) is 5.10 Å². The molecule has 0 radical (unpaired) electrons. The summed E-state index contributed by atoms with van der Waals surface area (Å²) in [6.07, 6.45) is 13.6. The number of aromatic nitrogens is 2. The van der Waals surface area contributed by atoms with Crippen molar-refractivity contribution in [3.05, 3.63) is 94.6 Å². The van der Waals surface area contributed by atoms with Crippen LogP contribution in [0.25, 0.3) is 5.57 Å². The summed E-state index contributed by atoms with van der Waals surface area (Å²) < 4.78 is 27.7. The smallest absolute Gasteiger partial charge is 0.339 e. The molecule has 4 fully saturated rings. The number of carbonyl (C=O) groups is 3. The van der Waals surface area contributed by atoms with Crippen LogP contribution in [0, 0.1) is 33.9 Å². The number of hydrogen-bond acceptors (Lipinski definition) is 6. The molecule has 1 unspecified atom stereocenters. The summed E-state index contributed by atoms with van der Waals surface area (Å²) in [5, 5.41) is 4.43. The molecule has 55 heavy (non-hydrogen) atoms. The Bertz CT molecular complexity index is 2000. The monoisotopic (exact) mass is 750 g/mol. The van der Waals surface area contributed by atoms with Gasteiger partial charge in [0.15, 0.2) is 0 Å². The second-order valence-corrected chi connectivity index (χ2v) is 18.9. The lowest BCUT2D eigenvalue weighted by Gasteiger charge is -2.51. The second kappa shape index (κ2) is 14.0. The number of amides is 2. The van der Waals surface area contributed by atoms with E-state index in [0.717, 1.165) is 42.4 Å². The number of hydrogen-bond donors (Lipinski definition) is 0. The topological polar surface area (TPSA) is 94.0 Å². The van der Waals surface area contributed by atoms with Crippen LogP contribution in [0.4, 0.5) is 4.39 Å². The third-order valence-electron chi connectivity index (χ3n) is 13.2. The van der Waals surface area contributed by atoms with Crippen LogP contribution < -0.4 is 0 Å². The van der Waals surface area contributed by atoms with Crippen LogP contribution in [0.15, 0.2) is 60.9 Å². The molecular formula is C45H55FN4O5. The molecule has 2 aliphatic heterocycles. The van der Waals surface area contributed by atoms with Crippen molar-refractivity contribution < 1.29 is 28.2 Å². The first-order chi connectivity index (χ1) is 26.1. The van der Waals surface area contributed by atoms with Crippen LogP contribution in [0.1, 0.15) is 117 Å². The maximum atomic E-state index is 14.0. The van der Waals surface area contributed by atoms with Crippen molar-refractivity contribution in [1.29, 1.82) is 0 Å². The predicted octanol–water partition coefficient (Wildman–Crippen LogP) is 7.93. The number of likely N-dealkylation sites (tertiary alicyclic amines) is 2. The molecule has 0 N–H and O–H groups in total. The third-order valence-corrected chi connectivity index (χ3v) is 13.2. The van der Waals surface area contributed by atoms with Crippen molar-refractivity contribution in [3.8, 4) is 0 Å². The van der Waals surface area contributed by atoms with Crippen molar-refractivity contribution in [2.45, 2.75) is 98.3 Å². The average molecular weight is 751 g/mol. The lowest BCUT2D eigenvalue weighted by atomic mass is 9.61. The first-order valence-corrected chi connectivity index (χ1v) is 20.1. The van der Waals surface area contributed by atoms with E-state index in [1.807, 2.05) is 48.8 Å². The summed E-state index contributed by atoms with van der Waals surface area (Å²) in [6, 6.07) is 12.3. The molecule has 2 saturated heterocycles. The fourth-order valence-corrected chi connectivity index (χ4v) is 9.46. The van der Waals surface area contributed by atoms with E-state index in [4.69, 9.17) is 9.47 Å². The summed E-state index contributed by atoms with van der Waals surface area (Å²) in [6.45, 7) is 13.2. The van der Waals surface area contributed by atoms with Gasteiger partial charge in [0.05, 0.1) is 37.1 Å². The zero-order chi connectivity index (χ0) is 38.8. The van der Waals surface area contributed by atoms with E-state index in [-0.39, 0.29) is 52.9 Å². The van der Waals surface area contributed by atoms with Gasteiger partial charge in [0.2, 0.25) is 5.91 Å². The molecule has 2 spiro atoms. The van der Waals surface area contributed by atoms with Crippen LogP contribution in [0.2, 0.25) is 0 Å². The van der Waals surface area contributed by atoms with Gasteiger partial charge in [-0.1, -0.05) is 56.7 Å². The molecule has 3 aliphatic carbocycles. The van der Waals surface area contributed by atoms with E-state index in [1.165, 1.54) is 37.0 Å². The summed E-state index contributed by atoms with van der Waals surface area (Å²) in [7, 11) is 0. The molecule has 292 valence electrons. The van der Waals surface area contributed by atoms with Crippen LogP contribution in [-0.4, -0.2) is 75.8 Å². The molecule has 9 nitrogen and oxygen atoms in total. The predicted molar refractivity (Wildman–Crippen MR) is 207 cm³/mol. The Kier molecular flexibility index (Phi) is 9.58. The minimum Gasteiger partial charge on any atom is -0.456 e. The van der Waals surface area contributed by atoms with Gasteiger partial charge in [-0.15, -0.1) is 0 Å². The van der Waals surface area contributed by atoms with Crippen molar-refractivity contribution in [3.63, 3.8) is 0 Å². The van der Waals surface area contributed by atoms with Gasteiger partial charge >= 0.3 is 5.97 Å².